The van der Waals surface area contributed by atoms with Crippen LogP contribution in [-0.2, 0) is 4.79 Å². The minimum atomic E-state index is -1.11. The number of aliphatic carboxylic acids is 1. The van der Waals surface area contributed by atoms with Crippen molar-refractivity contribution in [1.82, 2.24) is 15.5 Å². The predicted octanol–water partition coefficient (Wildman–Crippen LogP) is 1.08. The van der Waals surface area contributed by atoms with Crippen molar-refractivity contribution in [3.8, 4) is 0 Å². The third-order valence-electron chi connectivity index (χ3n) is 3.81. The van der Waals surface area contributed by atoms with Crippen molar-refractivity contribution < 1.29 is 24.3 Å². The van der Waals surface area contributed by atoms with E-state index >= 15 is 0 Å². The van der Waals surface area contributed by atoms with Gasteiger partial charge in [-0.25, -0.2) is 9.59 Å². The van der Waals surface area contributed by atoms with E-state index in [-0.39, 0.29) is 19.0 Å². The molecule has 0 aromatic heterocycles. The lowest BCUT2D eigenvalue weighted by Crippen LogP contribution is -2.48. The molecule has 1 aromatic rings. The maximum atomic E-state index is 12.2. The average molecular weight is 347 g/mol. The van der Waals surface area contributed by atoms with Gasteiger partial charge < -0.3 is 15.7 Å². The van der Waals surface area contributed by atoms with E-state index in [2.05, 4.69) is 10.6 Å². The summed E-state index contributed by atoms with van der Waals surface area (Å²) in [6, 6.07) is 4.89. The third-order valence-corrected chi connectivity index (χ3v) is 3.81. The summed E-state index contributed by atoms with van der Waals surface area (Å²) in [5.74, 6) is -1.79. The molecule has 0 saturated carbocycles. The fourth-order valence-electron chi connectivity index (χ4n) is 2.63. The SMILES string of the molecule is CC(C)CC(NC(=O)NCCN1C(=O)c2ccccc2C1=O)C(=O)O. The lowest BCUT2D eigenvalue weighted by Gasteiger charge is -2.18. The van der Waals surface area contributed by atoms with Crippen LogP contribution in [0.1, 0.15) is 41.0 Å². The molecule has 4 amide bonds. The fraction of sp³-hybridized carbons (Fsp3) is 0.412. The van der Waals surface area contributed by atoms with E-state index in [1.807, 2.05) is 13.8 Å². The Morgan fingerprint density at radius 2 is 1.68 bits per heavy atom. The van der Waals surface area contributed by atoms with Crippen LogP contribution >= 0.6 is 0 Å². The number of rotatable bonds is 7. The summed E-state index contributed by atoms with van der Waals surface area (Å²) in [5.41, 5.74) is 0.694. The van der Waals surface area contributed by atoms with E-state index in [1.165, 1.54) is 0 Å². The summed E-state index contributed by atoms with van der Waals surface area (Å²) in [5, 5.41) is 13.9. The topological polar surface area (TPSA) is 116 Å². The third kappa shape index (κ3) is 4.34. The number of carbonyl (C=O) groups excluding carboxylic acids is 3. The standard InChI is InChI=1S/C17H21N3O5/c1-10(2)9-13(16(23)24)19-17(25)18-7-8-20-14(21)11-5-3-4-6-12(11)15(20)22/h3-6,10,13H,7-9H2,1-2H3,(H,23,24)(H2,18,19,25). The molecule has 3 N–H and O–H groups in total. The highest BCUT2D eigenvalue weighted by Gasteiger charge is 2.34. The molecule has 134 valence electrons. The number of benzene rings is 1. The van der Waals surface area contributed by atoms with Gasteiger partial charge in [-0.05, 0) is 24.5 Å². The summed E-state index contributed by atoms with van der Waals surface area (Å²) >= 11 is 0. The summed E-state index contributed by atoms with van der Waals surface area (Å²) in [4.78, 5) is 48.3. The van der Waals surface area contributed by atoms with Gasteiger partial charge in [-0.2, -0.15) is 0 Å². The first-order valence-corrected chi connectivity index (χ1v) is 8.03. The van der Waals surface area contributed by atoms with Crippen molar-refractivity contribution in [1.29, 1.82) is 0 Å². The molecule has 1 aromatic carbocycles. The molecule has 1 aliphatic rings. The number of nitrogens with zero attached hydrogens (tertiary/aromatic N) is 1. The molecule has 0 aliphatic carbocycles. The minimum Gasteiger partial charge on any atom is -0.480 e. The number of fused-ring (bicyclic) bond motifs is 1. The molecule has 2 rings (SSSR count). The average Bonchev–Trinajstić information content (AvgIpc) is 2.79. The van der Waals surface area contributed by atoms with Crippen LogP contribution in [0.3, 0.4) is 0 Å². The minimum absolute atomic E-state index is 0.0156. The van der Waals surface area contributed by atoms with Crippen LogP contribution in [-0.4, -0.2) is 53.0 Å². The van der Waals surface area contributed by atoms with Gasteiger partial charge in [-0.3, -0.25) is 14.5 Å². The summed E-state index contributed by atoms with van der Waals surface area (Å²) in [6.45, 7) is 3.77. The van der Waals surface area contributed by atoms with Crippen molar-refractivity contribution in [2.24, 2.45) is 5.92 Å². The van der Waals surface area contributed by atoms with E-state index < -0.39 is 29.9 Å². The second kappa shape index (κ2) is 7.78. The second-order valence-corrected chi connectivity index (χ2v) is 6.23. The molecular formula is C17H21N3O5. The Balaban J connectivity index is 1.85. The highest BCUT2D eigenvalue weighted by atomic mass is 16.4. The molecule has 1 atom stereocenters. The van der Waals surface area contributed by atoms with E-state index in [1.54, 1.807) is 24.3 Å². The van der Waals surface area contributed by atoms with Gasteiger partial charge in [-0.1, -0.05) is 26.0 Å². The Labute approximate surface area is 145 Å². The highest BCUT2D eigenvalue weighted by Crippen LogP contribution is 2.21. The maximum absolute atomic E-state index is 12.2. The van der Waals surface area contributed by atoms with Crippen molar-refractivity contribution >= 4 is 23.8 Å². The molecule has 0 saturated heterocycles. The smallest absolute Gasteiger partial charge is 0.326 e. The Morgan fingerprint density at radius 1 is 1.12 bits per heavy atom. The van der Waals surface area contributed by atoms with Gasteiger partial charge in [0.15, 0.2) is 0 Å². The number of carboxylic acid groups (broad SMARTS) is 1. The summed E-state index contributed by atoms with van der Waals surface area (Å²) < 4.78 is 0. The maximum Gasteiger partial charge on any atom is 0.326 e. The molecule has 8 heteroatoms. The molecule has 0 spiro atoms. The Bertz CT molecular complexity index is 666. The lowest BCUT2D eigenvalue weighted by atomic mass is 10.0. The van der Waals surface area contributed by atoms with Crippen molar-refractivity contribution in [2.45, 2.75) is 26.3 Å². The first kappa shape index (κ1) is 18.4. The quantitative estimate of drug-likeness (QED) is 0.638. The normalized spacial score (nSPS) is 14.4. The van der Waals surface area contributed by atoms with Crippen LogP contribution in [0.2, 0.25) is 0 Å². The number of carboxylic acids is 1. The van der Waals surface area contributed by atoms with Crippen molar-refractivity contribution in [3.63, 3.8) is 0 Å². The van der Waals surface area contributed by atoms with Crippen LogP contribution < -0.4 is 10.6 Å². The van der Waals surface area contributed by atoms with E-state index in [4.69, 9.17) is 5.11 Å². The molecule has 8 nitrogen and oxygen atoms in total. The van der Waals surface area contributed by atoms with Crippen molar-refractivity contribution in [3.05, 3.63) is 35.4 Å². The predicted molar refractivity (Wildman–Crippen MR) is 89.2 cm³/mol. The molecule has 0 radical (unpaired) electrons. The zero-order valence-electron chi connectivity index (χ0n) is 14.1. The number of urea groups is 1. The first-order chi connectivity index (χ1) is 11.8. The van der Waals surface area contributed by atoms with Gasteiger partial charge in [0.1, 0.15) is 6.04 Å². The Hall–Kier alpha value is -2.90. The number of hydrogen-bond donors (Lipinski definition) is 3. The Kier molecular flexibility index (Phi) is 5.74. The molecule has 0 fully saturated rings. The van der Waals surface area contributed by atoms with Crippen LogP contribution in [0.4, 0.5) is 4.79 Å². The number of imide groups is 1. The monoisotopic (exact) mass is 347 g/mol. The number of nitrogens with one attached hydrogen (secondary N) is 2. The lowest BCUT2D eigenvalue weighted by molar-refractivity contribution is -0.139. The number of carbonyl (C=O) groups is 4. The summed E-state index contributed by atoms with van der Waals surface area (Å²) in [6.07, 6.45) is 0.307. The van der Waals surface area contributed by atoms with Gasteiger partial charge in [0, 0.05) is 13.1 Å². The molecular weight excluding hydrogens is 326 g/mol. The zero-order valence-corrected chi connectivity index (χ0v) is 14.1. The van der Waals surface area contributed by atoms with Crippen LogP contribution in [0.5, 0.6) is 0 Å². The number of amides is 4. The first-order valence-electron chi connectivity index (χ1n) is 8.03. The van der Waals surface area contributed by atoms with Crippen LogP contribution in [0, 0.1) is 5.92 Å². The van der Waals surface area contributed by atoms with Gasteiger partial charge >= 0.3 is 12.0 Å². The fourth-order valence-corrected chi connectivity index (χ4v) is 2.63. The van der Waals surface area contributed by atoms with Crippen LogP contribution in [0.25, 0.3) is 0 Å². The largest absolute Gasteiger partial charge is 0.480 e. The van der Waals surface area contributed by atoms with Gasteiger partial charge in [-0.15, -0.1) is 0 Å². The Morgan fingerprint density at radius 3 is 2.16 bits per heavy atom. The molecule has 1 heterocycles. The van der Waals surface area contributed by atoms with Crippen LogP contribution in [0.15, 0.2) is 24.3 Å². The van der Waals surface area contributed by atoms with E-state index in [0.29, 0.717) is 17.5 Å². The van der Waals surface area contributed by atoms with Gasteiger partial charge in [0.25, 0.3) is 11.8 Å². The van der Waals surface area contributed by atoms with Gasteiger partial charge in [0.2, 0.25) is 0 Å². The van der Waals surface area contributed by atoms with Crippen molar-refractivity contribution in [2.75, 3.05) is 13.1 Å². The van der Waals surface area contributed by atoms with E-state index in [9.17, 15) is 19.2 Å². The molecule has 0 bridgehead atoms. The molecule has 1 unspecified atom stereocenters. The summed E-state index contributed by atoms with van der Waals surface area (Å²) in [7, 11) is 0. The zero-order chi connectivity index (χ0) is 18.6. The number of hydrogen-bond acceptors (Lipinski definition) is 4. The van der Waals surface area contributed by atoms with Gasteiger partial charge in [0.05, 0.1) is 11.1 Å². The molecule has 25 heavy (non-hydrogen) atoms. The highest BCUT2D eigenvalue weighted by molar-refractivity contribution is 6.21. The second-order valence-electron chi connectivity index (χ2n) is 6.23. The molecule has 1 aliphatic heterocycles. The van der Waals surface area contributed by atoms with E-state index in [0.717, 1.165) is 4.90 Å².